The first-order valence-electron chi connectivity index (χ1n) is 8.98. The number of nitrogens with zero attached hydrogens (tertiary/aromatic N) is 1. The van der Waals surface area contributed by atoms with Crippen LogP contribution in [0.25, 0.3) is 0 Å². The summed E-state index contributed by atoms with van der Waals surface area (Å²) in [4.78, 5) is 12.1. The average Bonchev–Trinajstić information content (AvgIpc) is 3.13. The van der Waals surface area contributed by atoms with Gasteiger partial charge in [-0.1, -0.05) is 42.0 Å². The summed E-state index contributed by atoms with van der Waals surface area (Å²) in [7, 11) is 1.63. The molecule has 0 saturated heterocycles. The predicted molar refractivity (Wildman–Crippen MR) is 107 cm³/mol. The van der Waals surface area contributed by atoms with Gasteiger partial charge in [-0.25, -0.2) is 4.79 Å². The van der Waals surface area contributed by atoms with Gasteiger partial charge in [-0.3, -0.25) is 0 Å². The zero-order chi connectivity index (χ0) is 19.1. The summed E-state index contributed by atoms with van der Waals surface area (Å²) in [5.41, 5.74) is 4.54. The molecule has 1 aromatic heterocycles. The Morgan fingerprint density at radius 1 is 0.963 bits per heavy atom. The Labute approximate surface area is 160 Å². The maximum Gasteiger partial charge on any atom is 0.315 e. The van der Waals surface area contributed by atoms with Gasteiger partial charge in [-0.15, -0.1) is 0 Å². The van der Waals surface area contributed by atoms with Crippen molar-refractivity contribution in [3.63, 3.8) is 0 Å². The molecule has 5 nitrogen and oxygen atoms in total. The number of methoxy groups -OCH3 is 1. The lowest BCUT2D eigenvalue weighted by Gasteiger charge is -2.12. The lowest BCUT2D eigenvalue weighted by molar-refractivity contribution is 0.240. The molecule has 3 rings (SSSR count). The average molecular weight is 363 g/mol. The van der Waals surface area contributed by atoms with Crippen LogP contribution >= 0.6 is 0 Å². The number of ether oxygens (including phenoxy) is 1. The van der Waals surface area contributed by atoms with E-state index in [1.807, 2.05) is 42.6 Å². The van der Waals surface area contributed by atoms with E-state index in [1.165, 1.54) is 11.1 Å². The minimum Gasteiger partial charge on any atom is -0.497 e. The van der Waals surface area contributed by atoms with E-state index in [9.17, 15) is 4.79 Å². The van der Waals surface area contributed by atoms with E-state index in [-0.39, 0.29) is 6.03 Å². The van der Waals surface area contributed by atoms with Crippen LogP contribution < -0.4 is 15.4 Å². The van der Waals surface area contributed by atoms with E-state index in [0.29, 0.717) is 13.1 Å². The van der Waals surface area contributed by atoms with Crippen LogP contribution in [0.15, 0.2) is 66.9 Å². The molecule has 2 amide bonds. The number of aromatic nitrogens is 1. The fourth-order valence-electron chi connectivity index (χ4n) is 2.85. The summed E-state index contributed by atoms with van der Waals surface area (Å²) in [5, 5.41) is 5.79. The molecule has 2 aromatic carbocycles. The molecule has 0 spiro atoms. The van der Waals surface area contributed by atoms with Crippen molar-refractivity contribution in [2.45, 2.75) is 26.6 Å². The fourth-order valence-corrected chi connectivity index (χ4v) is 2.85. The Balaban J connectivity index is 1.50. The number of rotatable bonds is 7. The molecule has 0 fully saturated rings. The van der Waals surface area contributed by atoms with Gasteiger partial charge in [0.1, 0.15) is 5.75 Å². The van der Waals surface area contributed by atoms with Crippen LogP contribution in [0.5, 0.6) is 5.75 Å². The molecular formula is C22H25N3O2. The second kappa shape index (κ2) is 8.94. The molecule has 3 aromatic rings. The zero-order valence-corrected chi connectivity index (χ0v) is 15.7. The molecular weight excluding hydrogens is 338 g/mol. The Bertz CT molecular complexity index is 885. The standard InChI is InChI=1S/C22H25N3O2/c1-17-8-10-18(11-9-17)16-25-12-4-6-20(25)15-24-22(26)23-14-19-5-3-7-21(13-19)27-2/h3-13H,14-16H2,1-2H3,(H2,23,24,26). The highest BCUT2D eigenvalue weighted by atomic mass is 16.5. The molecule has 0 atom stereocenters. The van der Waals surface area contributed by atoms with Gasteiger partial charge in [0, 0.05) is 25.0 Å². The van der Waals surface area contributed by atoms with Crippen molar-refractivity contribution in [1.82, 2.24) is 15.2 Å². The smallest absolute Gasteiger partial charge is 0.315 e. The molecule has 0 aliphatic heterocycles. The predicted octanol–water partition coefficient (Wildman–Crippen LogP) is 3.85. The quantitative estimate of drug-likeness (QED) is 0.670. The molecule has 0 radical (unpaired) electrons. The van der Waals surface area contributed by atoms with Crippen molar-refractivity contribution < 1.29 is 9.53 Å². The number of carbonyl (C=O) groups is 1. The van der Waals surface area contributed by atoms with Crippen molar-refractivity contribution in [2.75, 3.05) is 7.11 Å². The van der Waals surface area contributed by atoms with Gasteiger partial charge in [0.2, 0.25) is 0 Å². The van der Waals surface area contributed by atoms with E-state index < -0.39 is 0 Å². The maximum atomic E-state index is 12.1. The highest BCUT2D eigenvalue weighted by Crippen LogP contribution is 2.12. The van der Waals surface area contributed by atoms with Crippen LogP contribution in [-0.4, -0.2) is 17.7 Å². The minimum absolute atomic E-state index is 0.194. The molecule has 27 heavy (non-hydrogen) atoms. The Hall–Kier alpha value is -3.21. The molecule has 1 heterocycles. The number of carbonyl (C=O) groups excluding carboxylic acids is 1. The van der Waals surface area contributed by atoms with Gasteiger partial charge in [0.25, 0.3) is 0 Å². The van der Waals surface area contributed by atoms with E-state index in [1.54, 1.807) is 7.11 Å². The Morgan fingerprint density at radius 3 is 2.52 bits per heavy atom. The molecule has 2 N–H and O–H groups in total. The minimum atomic E-state index is -0.194. The summed E-state index contributed by atoms with van der Waals surface area (Å²) < 4.78 is 7.34. The third-order valence-corrected chi connectivity index (χ3v) is 4.41. The Kier molecular flexibility index (Phi) is 6.15. The fraction of sp³-hybridized carbons (Fsp3) is 0.227. The van der Waals surface area contributed by atoms with Gasteiger partial charge in [-0.2, -0.15) is 0 Å². The van der Waals surface area contributed by atoms with Crippen LogP contribution in [-0.2, 0) is 19.6 Å². The normalized spacial score (nSPS) is 10.4. The summed E-state index contributed by atoms with van der Waals surface area (Å²) in [6, 6.07) is 20.0. The summed E-state index contributed by atoms with van der Waals surface area (Å²) >= 11 is 0. The highest BCUT2D eigenvalue weighted by molar-refractivity contribution is 5.73. The number of hydrogen-bond donors (Lipinski definition) is 2. The number of urea groups is 1. The van der Waals surface area contributed by atoms with Crippen LogP contribution in [0.1, 0.15) is 22.4 Å². The third-order valence-electron chi connectivity index (χ3n) is 4.41. The monoisotopic (exact) mass is 363 g/mol. The molecule has 0 bridgehead atoms. The zero-order valence-electron chi connectivity index (χ0n) is 15.7. The Morgan fingerprint density at radius 2 is 1.74 bits per heavy atom. The van der Waals surface area contributed by atoms with Crippen molar-refractivity contribution >= 4 is 6.03 Å². The lowest BCUT2D eigenvalue weighted by Crippen LogP contribution is -2.35. The van der Waals surface area contributed by atoms with Crippen LogP contribution in [0.3, 0.4) is 0 Å². The SMILES string of the molecule is COc1cccc(CNC(=O)NCc2cccn2Cc2ccc(C)cc2)c1. The van der Waals surface area contributed by atoms with Crippen molar-refractivity contribution in [3.05, 3.63) is 89.2 Å². The first kappa shape index (κ1) is 18.6. The van der Waals surface area contributed by atoms with Crippen molar-refractivity contribution in [1.29, 1.82) is 0 Å². The van der Waals surface area contributed by atoms with Crippen LogP contribution in [0.4, 0.5) is 4.79 Å². The first-order chi connectivity index (χ1) is 13.1. The second-order valence-electron chi connectivity index (χ2n) is 6.50. The second-order valence-corrected chi connectivity index (χ2v) is 6.50. The third kappa shape index (κ3) is 5.38. The van der Waals surface area contributed by atoms with Crippen LogP contribution in [0.2, 0.25) is 0 Å². The maximum absolute atomic E-state index is 12.1. The van der Waals surface area contributed by atoms with Gasteiger partial charge in [0.15, 0.2) is 0 Å². The van der Waals surface area contributed by atoms with Crippen molar-refractivity contribution in [3.8, 4) is 5.75 Å². The van der Waals surface area contributed by atoms with Gasteiger partial charge in [-0.05, 0) is 42.3 Å². The largest absolute Gasteiger partial charge is 0.497 e. The van der Waals surface area contributed by atoms with Gasteiger partial charge < -0.3 is 19.9 Å². The van der Waals surface area contributed by atoms with E-state index in [0.717, 1.165) is 23.6 Å². The summed E-state index contributed by atoms with van der Waals surface area (Å²) in [6.45, 7) is 3.80. The molecule has 0 saturated carbocycles. The highest BCUT2D eigenvalue weighted by Gasteiger charge is 2.05. The first-order valence-corrected chi connectivity index (χ1v) is 8.98. The summed E-state index contributed by atoms with van der Waals surface area (Å²) in [6.07, 6.45) is 2.03. The van der Waals surface area contributed by atoms with E-state index in [4.69, 9.17) is 4.74 Å². The molecule has 5 heteroatoms. The molecule has 140 valence electrons. The van der Waals surface area contributed by atoms with Gasteiger partial charge in [0.05, 0.1) is 13.7 Å². The summed E-state index contributed by atoms with van der Waals surface area (Å²) in [5.74, 6) is 0.781. The molecule has 0 aliphatic carbocycles. The number of nitrogens with one attached hydrogen (secondary N) is 2. The molecule has 0 unspecified atom stereocenters. The number of amides is 2. The molecule has 0 aliphatic rings. The van der Waals surface area contributed by atoms with Crippen molar-refractivity contribution in [2.24, 2.45) is 0 Å². The topological polar surface area (TPSA) is 55.3 Å². The van der Waals surface area contributed by atoms with Crippen LogP contribution in [0, 0.1) is 6.92 Å². The number of benzene rings is 2. The number of hydrogen-bond acceptors (Lipinski definition) is 2. The van der Waals surface area contributed by atoms with E-state index >= 15 is 0 Å². The van der Waals surface area contributed by atoms with E-state index in [2.05, 4.69) is 46.4 Å². The lowest BCUT2D eigenvalue weighted by atomic mass is 10.1. The number of aryl methyl sites for hydroxylation is 1. The van der Waals surface area contributed by atoms with Gasteiger partial charge >= 0.3 is 6.03 Å².